The van der Waals surface area contributed by atoms with Gasteiger partial charge in [-0.05, 0) is 25.1 Å². The number of fused-ring (bicyclic) bond motifs is 1. The molecule has 0 spiro atoms. The second-order valence-electron chi connectivity index (χ2n) is 3.81. The molecule has 0 aliphatic rings. The molecular formula is C12H10ClNO5. The molecule has 1 aromatic carbocycles. The number of benzene rings is 1. The molecule has 1 aromatic heterocycles. The summed E-state index contributed by atoms with van der Waals surface area (Å²) in [6.07, 6.45) is 0. The predicted molar refractivity (Wildman–Crippen MR) is 67.0 cm³/mol. The molecule has 0 bridgehead atoms. The van der Waals surface area contributed by atoms with Gasteiger partial charge in [-0.15, -0.1) is 0 Å². The number of furan rings is 1. The first-order valence-electron chi connectivity index (χ1n) is 5.31. The van der Waals surface area contributed by atoms with Crippen molar-refractivity contribution in [3.63, 3.8) is 0 Å². The Morgan fingerprint density at radius 2 is 2.21 bits per heavy atom. The molecular weight excluding hydrogens is 274 g/mol. The highest BCUT2D eigenvalue weighted by Crippen LogP contribution is 2.27. The van der Waals surface area contributed by atoms with Gasteiger partial charge in [0.15, 0.2) is 12.4 Å². The molecule has 0 aliphatic carbocycles. The second-order valence-corrected chi connectivity index (χ2v) is 4.25. The van der Waals surface area contributed by atoms with Crippen LogP contribution in [0.1, 0.15) is 16.1 Å². The van der Waals surface area contributed by atoms with Gasteiger partial charge in [0.05, 0.1) is 0 Å². The number of aryl methyl sites for hydroxylation is 1. The van der Waals surface area contributed by atoms with Gasteiger partial charge in [-0.25, -0.2) is 10.3 Å². The average Bonchev–Trinajstić information content (AvgIpc) is 2.66. The maximum atomic E-state index is 11.7. The third-order valence-electron chi connectivity index (χ3n) is 2.46. The molecule has 0 unspecified atom stereocenters. The number of carbonyl (C=O) groups excluding carboxylic acids is 1. The Labute approximate surface area is 112 Å². The summed E-state index contributed by atoms with van der Waals surface area (Å²) in [6, 6.07) is 4.99. The normalized spacial score (nSPS) is 10.6. The summed E-state index contributed by atoms with van der Waals surface area (Å²) in [7, 11) is 0. The number of carbonyl (C=O) groups is 2. The summed E-state index contributed by atoms with van der Waals surface area (Å²) in [4.78, 5) is 26.5. The highest BCUT2D eigenvalue weighted by Gasteiger charge is 2.18. The quantitative estimate of drug-likeness (QED) is 0.839. The molecule has 2 N–H and O–H groups in total. The van der Waals surface area contributed by atoms with Crippen molar-refractivity contribution in [2.45, 2.75) is 6.92 Å². The van der Waals surface area contributed by atoms with Gasteiger partial charge in [0.25, 0.3) is 0 Å². The summed E-state index contributed by atoms with van der Waals surface area (Å²) >= 11 is 5.87. The first-order valence-corrected chi connectivity index (χ1v) is 5.69. The van der Waals surface area contributed by atoms with Gasteiger partial charge in [0.1, 0.15) is 5.58 Å². The van der Waals surface area contributed by atoms with Crippen LogP contribution in [0.25, 0.3) is 11.0 Å². The van der Waals surface area contributed by atoms with Gasteiger partial charge in [0.2, 0.25) is 0 Å². The van der Waals surface area contributed by atoms with Crippen molar-refractivity contribution in [1.82, 2.24) is 5.48 Å². The lowest BCUT2D eigenvalue weighted by molar-refractivity contribution is -0.144. The van der Waals surface area contributed by atoms with E-state index in [-0.39, 0.29) is 5.76 Å². The van der Waals surface area contributed by atoms with Crippen molar-refractivity contribution >= 4 is 34.4 Å². The molecule has 6 nitrogen and oxygen atoms in total. The maximum Gasteiger partial charge on any atom is 0.332 e. The number of hydrogen-bond donors (Lipinski definition) is 2. The molecule has 1 heterocycles. The van der Waals surface area contributed by atoms with E-state index < -0.39 is 18.5 Å². The lowest BCUT2D eigenvalue weighted by Gasteiger charge is -2.01. The minimum Gasteiger partial charge on any atom is -0.479 e. The van der Waals surface area contributed by atoms with Crippen molar-refractivity contribution < 1.29 is 24.0 Å². The molecule has 0 fully saturated rings. The van der Waals surface area contributed by atoms with Crippen molar-refractivity contribution in [2.24, 2.45) is 0 Å². The van der Waals surface area contributed by atoms with Crippen molar-refractivity contribution in [3.05, 3.63) is 34.5 Å². The number of hydroxylamine groups is 1. The third-order valence-corrected chi connectivity index (χ3v) is 2.70. The molecule has 1 amide bonds. The Morgan fingerprint density at radius 3 is 2.89 bits per heavy atom. The zero-order chi connectivity index (χ0) is 14.0. The van der Waals surface area contributed by atoms with Crippen LogP contribution < -0.4 is 5.48 Å². The topological polar surface area (TPSA) is 88.8 Å². The van der Waals surface area contributed by atoms with Crippen LogP contribution in [0, 0.1) is 6.92 Å². The lowest BCUT2D eigenvalue weighted by atomic mass is 10.1. The molecule has 100 valence electrons. The SMILES string of the molecule is Cc1c(C(=O)NOCC(=O)O)oc2ccc(Cl)cc12. The average molecular weight is 284 g/mol. The minimum absolute atomic E-state index is 0.0580. The fraction of sp³-hybridized carbons (Fsp3) is 0.167. The van der Waals surface area contributed by atoms with E-state index in [2.05, 4.69) is 4.84 Å². The fourth-order valence-corrected chi connectivity index (χ4v) is 1.79. The van der Waals surface area contributed by atoms with Gasteiger partial charge in [0, 0.05) is 16.0 Å². The van der Waals surface area contributed by atoms with Crippen LogP contribution in [0.3, 0.4) is 0 Å². The minimum atomic E-state index is -1.19. The number of aliphatic carboxylic acids is 1. The van der Waals surface area contributed by atoms with E-state index in [0.717, 1.165) is 5.39 Å². The van der Waals surface area contributed by atoms with E-state index in [1.165, 1.54) is 0 Å². The summed E-state index contributed by atoms with van der Waals surface area (Å²) in [5, 5.41) is 9.63. The van der Waals surface area contributed by atoms with Gasteiger partial charge in [-0.2, -0.15) is 0 Å². The van der Waals surface area contributed by atoms with Gasteiger partial charge < -0.3 is 9.52 Å². The smallest absolute Gasteiger partial charge is 0.332 e. The predicted octanol–water partition coefficient (Wildman–Crippen LogP) is 2.14. The standard InChI is InChI=1S/C12H10ClNO5/c1-6-8-4-7(13)2-3-9(8)19-11(6)12(17)14-18-5-10(15)16/h2-4H,5H2,1H3,(H,14,17)(H,15,16). The zero-order valence-electron chi connectivity index (χ0n) is 9.90. The van der Waals surface area contributed by atoms with Crippen LogP contribution in [0.5, 0.6) is 0 Å². The van der Waals surface area contributed by atoms with Crippen LogP contribution in [-0.4, -0.2) is 23.6 Å². The van der Waals surface area contributed by atoms with E-state index >= 15 is 0 Å². The molecule has 2 rings (SSSR count). The number of carboxylic acids is 1. The highest BCUT2D eigenvalue weighted by atomic mass is 35.5. The van der Waals surface area contributed by atoms with Crippen molar-refractivity contribution in [2.75, 3.05) is 6.61 Å². The summed E-state index contributed by atoms with van der Waals surface area (Å²) in [6.45, 7) is 1.07. The summed E-state index contributed by atoms with van der Waals surface area (Å²) < 4.78 is 5.38. The maximum absolute atomic E-state index is 11.7. The number of nitrogens with one attached hydrogen (secondary N) is 1. The monoisotopic (exact) mass is 283 g/mol. The Morgan fingerprint density at radius 1 is 1.47 bits per heavy atom. The number of rotatable bonds is 4. The van der Waals surface area contributed by atoms with E-state index in [9.17, 15) is 9.59 Å². The Kier molecular flexibility index (Phi) is 3.73. The zero-order valence-corrected chi connectivity index (χ0v) is 10.7. The van der Waals surface area contributed by atoms with Gasteiger partial charge in [-0.1, -0.05) is 11.6 Å². The van der Waals surface area contributed by atoms with E-state index in [4.69, 9.17) is 21.1 Å². The van der Waals surface area contributed by atoms with Crippen LogP contribution >= 0.6 is 11.6 Å². The molecule has 19 heavy (non-hydrogen) atoms. The third kappa shape index (κ3) is 2.86. The second kappa shape index (κ2) is 5.29. The van der Waals surface area contributed by atoms with Gasteiger partial charge >= 0.3 is 11.9 Å². The number of hydrogen-bond acceptors (Lipinski definition) is 4. The number of halogens is 1. The molecule has 0 aliphatic heterocycles. The lowest BCUT2D eigenvalue weighted by Crippen LogP contribution is -2.26. The van der Waals surface area contributed by atoms with E-state index in [1.54, 1.807) is 25.1 Å². The number of amides is 1. The molecule has 0 radical (unpaired) electrons. The van der Waals surface area contributed by atoms with Crippen molar-refractivity contribution in [1.29, 1.82) is 0 Å². The Hall–Kier alpha value is -2.05. The van der Waals surface area contributed by atoms with Gasteiger partial charge in [-0.3, -0.25) is 9.63 Å². The summed E-state index contributed by atoms with van der Waals surface area (Å²) in [5.74, 6) is -1.78. The van der Waals surface area contributed by atoms with E-state index in [0.29, 0.717) is 16.2 Å². The van der Waals surface area contributed by atoms with Crippen molar-refractivity contribution in [3.8, 4) is 0 Å². The summed E-state index contributed by atoms with van der Waals surface area (Å²) in [5.41, 5.74) is 3.12. The largest absolute Gasteiger partial charge is 0.479 e. The van der Waals surface area contributed by atoms with Crippen LogP contribution in [-0.2, 0) is 9.63 Å². The van der Waals surface area contributed by atoms with Crippen LogP contribution in [0.2, 0.25) is 5.02 Å². The Balaban J connectivity index is 2.22. The van der Waals surface area contributed by atoms with E-state index in [1.807, 2.05) is 5.48 Å². The number of carboxylic acid groups (broad SMARTS) is 1. The first kappa shape index (κ1) is 13.4. The molecule has 7 heteroatoms. The van der Waals surface area contributed by atoms with Crippen LogP contribution in [0.4, 0.5) is 0 Å². The highest BCUT2D eigenvalue weighted by molar-refractivity contribution is 6.31. The van der Waals surface area contributed by atoms with Crippen LogP contribution in [0.15, 0.2) is 22.6 Å². The first-order chi connectivity index (χ1) is 8.99. The molecule has 0 saturated heterocycles. The fourth-order valence-electron chi connectivity index (χ4n) is 1.62. The molecule has 0 atom stereocenters. The Bertz CT molecular complexity index is 649. The molecule has 2 aromatic rings. The molecule has 0 saturated carbocycles.